The standard InChI is InChI=1S/C21H23ClN2O3/c1-27-16-8-6-14(7-9-16)10-11-23-20(25)17-12-18(17)21(26)24-13-15-4-2-3-5-19(15)22/h2-9,17-18H,10-13H2,1H3,(H,23,25)(H,24,26). The maximum atomic E-state index is 12.2. The monoisotopic (exact) mass is 386 g/mol. The second-order valence-corrected chi connectivity index (χ2v) is 7.05. The van der Waals surface area contributed by atoms with Crippen LogP contribution in [0.4, 0.5) is 0 Å². The first kappa shape index (κ1) is 19.2. The number of amides is 2. The lowest BCUT2D eigenvalue weighted by Gasteiger charge is -2.08. The van der Waals surface area contributed by atoms with E-state index in [1.54, 1.807) is 13.2 Å². The van der Waals surface area contributed by atoms with Gasteiger partial charge in [0, 0.05) is 18.1 Å². The van der Waals surface area contributed by atoms with Gasteiger partial charge in [-0.25, -0.2) is 0 Å². The highest BCUT2D eigenvalue weighted by Gasteiger charge is 2.47. The van der Waals surface area contributed by atoms with E-state index in [2.05, 4.69) is 10.6 Å². The number of hydrogen-bond donors (Lipinski definition) is 2. The molecule has 5 nitrogen and oxygen atoms in total. The molecule has 0 aromatic heterocycles. The molecule has 2 aromatic carbocycles. The third-order valence-electron chi connectivity index (χ3n) is 4.75. The summed E-state index contributed by atoms with van der Waals surface area (Å²) in [5.74, 6) is 0.193. The summed E-state index contributed by atoms with van der Waals surface area (Å²) in [4.78, 5) is 24.4. The van der Waals surface area contributed by atoms with Crippen LogP contribution in [0.2, 0.25) is 5.02 Å². The predicted molar refractivity (Wildman–Crippen MR) is 105 cm³/mol. The van der Waals surface area contributed by atoms with E-state index in [1.807, 2.05) is 42.5 Å². The second-order valence-electron chi connectivity index (χ2n) is 6.65. The van der Waals surface area contributed by atoms with Gasteiger partial charge in [0.2, 0.25) is 11.8 Å². The average Bonchev–Trinajstić information content (AvgIpc) is 3.49. The van der Waals surface area contributed by atoms with Crippen LogP contribution in [0.5, 0.6) is 5.75 Å². The summed E-state index contributed by atoms with van der Waals surface area (Å²) in [5.41, 5.74) is 1.99. The molecule has 2 atom stereocenters. The van der Waals surface area contributed by atoms with Crippen LogP contribution in [-0.2, 0) is 22.6 Å². The Morgan fingerprint density at radius 2 is 1.70 bits per heavy atom. The van der Waals surface area contributed by atoms with Gasteiger partial charge < -0.3 is 15.4 Å². The molecule has 1 fully saturated rings. The SMILES string of the molecule is COc1ccc(CCNC(=O)C2CC2C(=O)NCc2ccccc2Cl)cc1. The Hall–Kier alpha value is -2.53. The number of carbonyl (C=O) groups is 2. The van der Waals surface area contributed by atoms with Crippen LogP contribution < -0.4 is 15.4 Å². The molecule has 1 aliphatic carbocycles. The van der Waals surface area contributed by atoms with Gasteiger partial charge in [0.25, 0.3) is 0 Å². The van der Waals surface area contributed by atoms with E-state index in [1.165, 1.54) is 0 Å². The predicted octanol–water partition coefficient (Wildman–Crippen LogP) is 2.96. The minimum Gasteiger partial charge on any atom is -0.497 e. The highest BCUT2D eigenvalue weighted by molar-refractivity contribution is 6.31. The van der Waals surface area contributed by atoms with E-state index in [9.17, 15) is 9.59 Å². The second kappa shape index (κ2) is 8.91. The summed E-state index contributed by atoms with van der Waals surface area (Å²) in [7, 11) is 1.63. The topological polar surface area (TPSA) is 67.4 Å². The van der Waals surface area contributed by atoms with Crippen molar-refractivity contribution in [2.75, 3.05) is 13.7 Å². The molecular weight excluding hydrogens is 364 g/mol. The van der Waals surface area contributed by atoms with Crippen molar-refractivity contribution in [3.05, 3.63) is 64.7 Å². The van der Waals surface area contributed by atoms with E-state index >= 15 is 0 Å². The zero-order valence-corrected chi connectivity index (χ0v) is 16.0. The lowest BCUT2D eigenvalue weighted by molar-refractivity contribution is -0.127. The lowest BCUT2D eigenvalue weighted by Crippen LogP contribution is -2.31. The number of carbonyl (C=O) groups excluding carboxylic acids is 2. The van der Waals surface area contributed by atoms with Crippen molar-refractivity contribution in [3.8, 4) is 5.75 Å². The van der Waals surface area contributed by atoms with Crippen molar-refractivity contribution >= 4 is 23.4 Å². The van der Waals surface area contributed by atoms with Gasteiger partial charge in [0.15, 0.2) is 0 Å². The number of ether oxygens (including phenoxy) is 1. The first-order chi connectivity index (χ1) is 13.1. The number of rotatable bonds is 8. The Kier molecular flexibility index (Phi) is 6.35. The average molecular weight is 387 g/mol. The highest BCUT2D eigenvalue weighted by atomic mass is 35.5. The summed E-state index contributed by atoms with van der Waals surface area (Å²) in [6, 6.07) is 15.2. The molecule has 0 heterocycles. The minimum absolute atomic E-state index is 0.0543. The lowest BCUT2D eigenvalue weighted by atomic mass is 10.1. The molecule has 2 amide bonds. The van der Waals surface area contributed by atoms with Gasteiger partial charge in [0.1, 0.15) is 5.75 Å². The summed E-state index contributed by atoms with van der Waals surface area (Å²) in [6.45, 7) is 0.927. The third-order valence-corrected chi connectivity index (χ3v) is 5.12. The van der Waals surface area contributed by atoms with Crippen molar-refractivity contribution in [2.24, 2.45) is 11.8 Å². The largest absolute Gasteiger partial charge is 0.497 e. The molecule has 27 heavy (non-hydrogen) atoms. The zero-order chi connectivity index (χ0) is 19.2. The fourth-order valence-electron chi connectivity index (χ4n) is 2.98. The molecule has 1 aliphatic rings. The van der Waals surface area contributed by atoms with Crippen molar-refractivity contribution in [3.63, 3.8) is 0 Å². The minimum atomic E-state index is -0.242. The van der Waals surface area contributed by atoms with Crippen molar-refractivity contribution in [2.45, 2.75) is 19.4 Å². The smallest absolute Gasteiger partial charge is 0.224 e. The Balaban J connectivity index is 1.38. The number of benzene rings is 2. The number of hydrogen-bond acceptors (Lipinski definition) is 3. The Morgan fingerprint density at radius 3 is 2.37 bits per heavy atom. The van der Waals surface area contributed by atoms with Crippen molar-refractivity contribution in [1.82, 2.24) is 10.6 Å². The van der Waals surface area contributed by atoms with Gasteiger partial charge >= 0.3 is 0 Å². The summed E-state index contributed by atoms with van der Waals surface area (Å²) in [6.07, 6.45) is 1.34. The van der Waals surface area contributed by atoms with Crippen LogP contribution in [0.25, 0.3) is 0 Å². The quantitative estimate of drug-likeness (QED) is 0.733. The zero-order valence-electron chi connectivity index (χ0n) is 15.2. The molecular formula is C21H23ClN2O3. The van der Waals surface area contributed by atoms with Crippen LogP contribution in [0.3, 0.4) is 0 Å². The Labute approximate surface area is 164 Å². The summed E-state index contributed by atoms with van der Waals surface area (Å²) < 4.78 is 5.13. The molecule has 0 radical (unpaired) electrons. The maximum absolute atomic E-state index is 12.2. The molecule has 142 valence electrons. The fourth-order valence-corrected chi connectivity index (χ4v) is 3.19. The van der Waals surface area contributed by atoms with Crippen molar-refractivity contribution < 1.29 is 14.3 Å². The molecule has 0 saturated heterocycles. The Morgan fingerprint density at radius 1 is 1.04 bits per heavy atom. The van der Waals surface area contributed by atoms with Crippen LogP contribution in [0.15, 0.2) is 48.5 Å². The van der Waals surface area contributed by atoms with Gasteiger partial charge in [-0.15, -0.1) is 0 Å². The van der Waals surface area contributed by atoms with Crippen LogP contribution in [-0.4, -0.2) is 25.5 Å². The maximum Gasteiger partial charge on any atom is 0.224 e. The molecule has 0 bridgehead atoms. The normalized spacial score (nSPS) is 17.9. The highest BCUT2D eigenvalue weighted by Crippen LogP contribution is 2.38. The Bertz CT molecular complexity index is 807. The van der Waals surface area contributed by atoms with Gasteiger partial charge in [-0.3, -0.25) is 9.59 Å². The van der Waals surface area contributed by atoms with Crippen LogP contribution in [0, 0.1) is 11.8 Å². The molecule has 2 N–H and O–H groups in total. The molecule has 0 spiro atoms. The molecule has 3 rings (SSSR count). The molecule has 1 saturated carbocycles. The van der Waals surface area contributed by atoms with Gasteiger partial charge in [-0.2, -0.15) is 0 Å². The molecule has 2 aromatic rings. The van der Waals surface area contributed by atoms with E-state index in [4.69, 9.17) is 16.3 Å². The van der Waals surface area contributed by atoms with E-state index in [0.29, 0.717) is 24.5 Å². The third kappa shape index (κ3) is 5.23. The van der Waals surface area contributed by atoms with E-state index in [-0.39, 0.29) is 23.7 Å². The van der Waals surface area contributed by atoms with Gasteiger partial charge in [-0.1, -0.05) is 41.9 Å². The molecule has 6 heteroatoms. The van der Waals surface area contributed by atoms with Crippen LogP contribution in [0.1, 0.15) is 17.5 Å². The number of nitrogens with one attached hydrogen (secondary N) is 2. The molecule has 2 unspecified atom stereocenters. The first-order valence-electron chi connectivity index (χ1n) is 9.00. The van der Waals surface area contributed by atoms with Crippen molar-refractivity contribution in [1.29, 1.82) is 0 Å². The van der Waals surface area contributed by atoms with E-state index in [0.717, 1.165) is 23.3 Å². The summed E-state index contributed by atoms with van der Waals surface area (Å²) >= 11 is 6.08. The fraction of sp³-hybridized carbons (Fsp3) is 0.333. The first-order valence-corrected chi connectivity index (χ1v) is 9.38. The number of methoxy groups -OCH3 is 1. The molecule has 0 aliphatic heterocycles. The van der Waals surface area contributed by atoms with E-state index < -0.39 is 0 Å². The van der Waals surface area contributed by atoms with Crippen LogP contribution >= 0.6 is 11.6 Å². The summed E-state index contributed by atoms with van der Waals surface area (Å²) in [5, 5.41) is 6.41. The van der Waals surface area contributed by atoms with Gasteiger partial charge in [-0.05, 0) is 42.2 Å². The number of halogens is 1. The van der Waals surface area contributed by atoms with Gasteiger partial charge in [0.05, 0.1) is 18.9 Å².